The first kappa shape index (κ1) is 14.4. The summed E-state index contributed by atoms with van der Waals surface area (Å²) in [6, 6.07) is 7.98. The van der Waals surface area contributed by atoms with E-state index >= 15 is 0 Å². The molecule has 8 heteroatoms. The number of benzene rings is 1. The molecular weight excluding hydrogens is 226 g/mol. The molecule has 0 aromatic heterocycles. The zero-order valence-electron chi connectivity index (χ0n) is 9.16. The van der Waals surface area contributed by atoms with Gasteiger partial charge < -0.3 is 26.8 Å². The van der Waals surface area contributed by atoms with Crippen LogP contribution in [0.15, 0.2) is 29.4 Å². The van der Waals surface area contributed by atoms with Crippen LogP contribution in [-0.4, -0.2) is 17.3 Å². The lowest BCUT2D eigenvalue weighted by atomic mass is 10.2. The summed E-state index contributed by atoms with van der Waals surface area (Å²) in [7, 11) is 0. The van der Waals surface area contributed by atoms with E-state index in [9.17, 15) is 0 Å². The van der Waals surface area contributed by atoms with Crippen molar-refractivity contribution in [3.05, 3.63) is 50.7 Å². The molecule has 0 heterocycles. The van der Waals surface area contributed by atoms with Gasteiger partial charge in [0, 0.05) is 10.7 Å². The van der Waals surface area contributed by atoms with Gasteiger partial charge in [-0.2, -0.15) is 0 Å². The fraction of sp³-hybridized carbons (Fsp3) is 0.111. The molecule has 0 spiro atoms. The Morgan fingerprint density at radius 3 is 2.53 bits per heavy atom. The minimum absolute atomic E-state index is 0.0175. The largest absolute Gasteiger partial charge is 0.365 e. The van der Waals surface area contributed by atoms with Crippen molar-refractivity contribution in [2.75, 3.05) is 0 Å². The Labute approximate surface area is 97.4 Å². The van der Waals surface area contributed by atoms with Crippen molar-refractivity contribution >= 4 is 12.2 Å². The molecule has 0 unspecified atom stereocenters. The molecule has 0 aliphatic heterocycles. The standard InChI is InChI=1S/C9H12N4.NO3/c1-7-3-2-4-8(5-7)6-12-13-9(10)11;2-1(3)4/h2-6H,1H3,(H4,10,11,13);/q;-1/p+1/b12-6+;. The Balaban J connectivity index is 0.000000557. The van der Waals surface area contributed by atoms with Crippen molar-refractivity contribution in [2.24, 2.45) is 16.6 Å². The summed E-state index contributed by atoms with van der Waals surface area (Å²) in [6.07, 6.45) is 1.73. The van der Waals surface area contributed by atoms with Crippen LogP contribution in [0, 0.1) is 22.2 Å². The van der Waals surface area contributed by atoms with Gasteiger partial charge >= 0.3 is 0 Å². The average Bonchev–Trinajstić information content (AvgIpc) is 2.16. The monoisotopic (exact) mass is 239 g/mol. The van der Waals surface area contributed by atoms with Crippen LogP contribution in [0.2, 0.25) is 0 Å². The third-order valence-corrected chi connectivity index (χ3v) is 1.47. The van der Waals surface area contributed by atoms with Crippen LogP contribution < -0.4 is 16.6 Å². The second kappa shape index (κ2) is 7.63. The molecular formula is C9H13N5O3. The zero-order valence-corrected chi connectivity index (χ0v) is 9.16. The van der Waals surface area contributed by atoms with Gasteiger partial charge in [0.05, 0.1) is 5.09 Å². The van der Waals surface area contributed by atoms with Crippen LogP contribution in [-0.2, 0) is 0 Å². The molecule has 0 radical (unpaired) electrons. The molecule has 0 amide bonds. The predicted molar refractivity (Wildman–Crippen MR) is 63.5 cm³/mol. The normalized spacial score (nSPS) is 9.24. The fourth-order valence-corrected chi connectivity index (χ4v) is 0.941. The van der Waals surface area contributed by atoms with Crippen molar-refractivity contribution < 1.29 is 10.2 Å². The van der Waals surface area contributed by atoms with E-state index < -0.39 is 5.09 Å². The summed E-state index contributed by atoms with van der Waals surface area (Å²) in [6.45, 7) is 2.03. The maximum absolute atomic E-state index is 8.25. The van der Waals surface area contributed by atoms with Gasteiger partial charge in [0.1, 0.15) is 0 Å². The average molecular weight is 239 g/mol. The highest BCUT2D eigenvalue weighted by atomic mass is 16.9. The number of guanidine groups is 1. The lowest BCUT2D eigenvalue weighted by Crippen LogP contribution is -2.63. The molecule has 1 aromatic rings. The highest BCUT2D eigenvalue weighted by Crippen LogP contribution is 1.99. The predicted octanol–water partition coefficient (Wildman–Crippen LogP) is -1.56. The zero-order chi connectivity index (χ0) is 13.3. The number of hydrogen-bond donors (Lipinski definition) is 3. The second-order valence-electron chi connectivity index (χ2n) is 2.95. The summed E-state index contributed by atoms with van der Waals surface area (Å²) < 4.78 is 0. The van der Waals surface area contributed by atoms with Gasteiger partial charge in [-0.3, -0.25) is 0 Å². The van der Waals surface area contributed by atoms with E-state index in [4.69, 9.17) is 26.8 Å². The van der Waals surface area contributed by atoms with Crippen molar-refractivity contribution in [1.29, 1.82) is 0 Å². The number of rotatable bonds is 2. The number of aryl methyl sites for hydroxylation is 1. The number of nitrogens with zero attached hydrogens (tertiary/aromatic N) is 2. The summed E-state index contributed by atoms with van der Waals surface area (Å²) in [5.41, 5.74) is 12.5. The molecule has 1 aromatic carbocycles. The fourth-order valence-electron chi connectivity index (χ4n) is 0.941. The van der Waals surface area contributed by atoms with Crippen LogP contribution in [0.25, 0.3) is 0 Å². The Bertz CT molecular complexity index is 422. The van der Waals surface area contributed by atoms with Crippen LogP contribution >= 0.6 is 0 Å². The van der Waals surface area contributed by atoms with E-state index in [-0.39, 0.29) is 5.96 Å². The van der Waals surface area contributed by atoms with Gasteiger partial charge in [-0.15, -0.1) is 5.10 Å². The van der Waals surface area contributed by atoms with Crippen LogP contribution in [0.4, 0.5) is 0 Å². The summed E-state index contributed by atoms with van der Waals surface area (Å²) in [5, 5.41) is 21.0. The van der Waals surface area contributed by atoms with E-state index in [1.54, 1.807) is 6.21 Å². The third-order valence-electron chi connectivity index (χ3n) is 1.47. The molecule has 0 aliphatic carbocycles. The van der Waals surface area contributed by atoms with Gasteiger partial charge in [-0.1, -0.05) is 17.7 Å². The van der Waals surface area contributed by atoms with E-state index in [2.05, 4.69) is 10.2 Å². The van der Waals surface area contributed by atoms with Gasteiger partial charge in [0.2, 0.25) is 6.21 Å². The van der Waals surface area contributed by atoms with E-state index in [1.807, 2.05) is 31.2 Å². The topological polar surface area (TPSA) is 145 Å². The molecule has 0 atom stereocenters. The Hall–Kier alpha value is -2.64. The van der Waals surface area contributed by atoms with E-state index in [0.29, 0.717) is 0 Å². The first-order chi connectivity index (χ1) is 7.91. The summed E-state index contributed by atoms with van der Waals surface area (Å²) in [4.78, 5) is 8.25. The molecule has 0 fully saturated rings. The van der Waals surface area contributed by atoms with Crippen LogP contribution in [0.3, 0.4) is 0 Å². The quantitative estimate of drug-likeness (QED) is 0.247. The summed E-state index contributed by atoms with van der Waals surface area (Å²) >= 11 is 0. The molecule has 92 valence electrons. The van der Waals surface area contributed by atoms with Crippen LogP contribution in [0.5, 0.6) is 0 Å². The number of nitrogens with one attached hydrogen (secondary N) is 1. The smallest absolute Gasteiger partial charge is 0.256 e. The molecule has 0 saturated heterocycles. The molecule has 8 nitrogen and oxygen atoms in total. The molecule has 5 N–H and O–H groups in total. The Kier molecular flexibility index (Phi) is 6.44. The van der Waals surface area contributed by atoms with Crippen molar-refractivity contribution in [1.82, 2.24) is 0 Å². The minimum Gasteiger partial charge on any atom is -0.365 e. The van der Waals surface area contributed by atoms with Gasteiger partial charge in [-0.05, 0) is 19.1 Å². The summed E-state index contributed by atoms with van der Waals surface area (Å²) in [5.74, 6) is 0.0175. The SMILES string of the molecule is Cc1cccc(/C=[NH+]/N=C(N)N)c1.O=[N+]([O-])[O-]. The molecule has 0 bridgehead atoms. The van der Waals surface area contributed by atoms with Crippen molar-refractivity contribution in [3.63, 3.8) is 0 Å². The Morgan fingerprint density at radius 2 is 2.06 bits per heavy atom. The maximum atomic E-state index is 8.25. The number of hydrazone groups is 1. The molecule has 0 aliphatic rings. The molecule has 1 rings (SSSR count). The lowest BCUT2D eigenvalue weighted by molar-refractivity contribution is -0.456. The van der Waals surface area contributed by atoms with E-state index in [0.717, 1.165) is 5.56 Å². The molecule has 17 heavy (non-hydrogen) atoms. The van der Waals surface area contributed by atoms with E-state index in [1.165, 1.54) is 5.56 Å². The van der Waals surface area contributed by atoms with Crippen molar-refractivity contribution in [2.45, 2.75) is 6.92 Å². The molecule has 0 saturated carbocycles. The number of hydrogen-bond acceptors (Lipinski definition) is 4. The van der Waals surface area contributed by atoms with Gasteiger partial charge in [0.15, 0.2) is 0 Å². The van der Waals surface area contributed by atoms with Gasteiger partial charge in [0.25, 0.3) is 5.96 Å². The van der Waals surface area contributed by atoms with Crippen LogP contribution in [0.1, 0.15) is 11.1 Å². The lowest BCUT2D eigenvalue weighted by Gasteiger charge is -1.90. The highest BCUT2D eigenvalue weighted by Gasteiger charge is 1.90. The third kappa shape index (κ3) is 9.66. The minimum atomic E-state index is -1.75. The highest BCUT2D eigenvalue weighted by molar-refractivity contribution is 5.77. The number of nitrogens with two attached hydrogens (primary N) is 2. The van der Waals surface area contributed by atoms with Gasteiger partial charge in [-0.25, -0.2) is 0 Å². The van der Waals surface area contributed by atoms with Crippen molar-refractivity contribution in [3.8, 4) is 0 Å². The maximum Gasteiger partial charge on any atom is 0.256 e. The first-order valence-corrected chi connectivity index (χ1v) is 4.47. The second-order valence-corrected chi connectivity index (χ2v) is 2.95. The Morgan fingerprint density at radius 1 is 1.47 bits per heavy atom. The first-order valence-electron chi connectivity index (χ1n) is 4.47.